The van der Waals surface area contributed by atoms with Gasteiger partial charge in [-0.1, -0.05) is 0 Å². The van der Waals surface area contributed by atoms with E-state index in [0.717, 1.165) is 13.0 Å². The quantitative estimate of drug-likeness (QED) is 0.202. The van der Waals surface area contributed by atoms with Crippen molar-refractivity contribution in [3.05, 3.63) is 0 Å². The Balaban J connectivity index is 0. The number of ether oxygens (including phenoxy) is 2. The maximum Gasteiger partial charge on any atom is 0.191 e. The highest BCUT2D eigenvalue weighted by Gasteiger charge is 2.28. The smallest absolute Gasteiger partial charge is 0.191 e. The zero-order valence-corrected chi connectivity index (χ0v) is 18.7. The highest BCUT2D eigenvalue weighted by Crippen LogP contribution is 2.15. The van der Waals surface area contributed by atoms with Gasteiger partial charge >= 0.3 is 0 Å². The van der Waals surface area contributed by atoms with Gasteiger partial charge < -0.3 is 20.1 Å². The predicted molar refractivity (Wildman–Crippen MR) is 110 cm³/mol. The van der Waals surface area contributed by atoms with Gasteiger partial charge in [-0.3, -0.25) is 4.99 Å². The number of methoxy groups -OCH3 is 1. The van der Waals surface area contributed by atoms with E-state index >= 15 is 0 Å². The molecule has 0 aromatic rings. The number of aliphatic imine (C=N–C) groups is 1. The fourth-order valence-corrected chi connectivity index (χ4v) is 2.54. The molecule has 2 N–H and O–H groups in total. The number of sulfone groups is 1. The average Bonchev–Trinajstić information content (AvgIpc) is 2.45. The Bertz CT molecular complexity index is 436. The molecule has 0 aliphatic rings. The summed E-state index contributed by atoms with van der Waals surface area (Å²) in [7, 11) is -1.48. The first-order valence-electron chi connectivity index (χ1n) is 8.05. The minimum Gasteiger partial charge on any atom is -0.382 e. The number of nitrogens with one attached hydrogen (secondary N) is 2. The summed E-state index contributed by atoms with van der Waals surface area (Å²) < 4.78 is 33.6. The molecule has 0 fully saturated rings. The maximum absolute atomic E-state index is 12.0. The van der Waals surface area contributed by atoms with Crippen LogP contribution in [0.4, 0.5) is 0 Å². The number of guanidine groups is 1. The third-order valence-electron chi connectivity index (χ3n) is 3.09. The molecule has 0 saturated carbocycles. The Hall–Kier alpha value is -0.130. The zero-order valence-electron chi connectivity index (χ0n) is 15.6. The first-order chi connectivity index (χ1) is 10.7. The number of nitrogens with zero attached hydrogens (tertiary/aromatic N) is 1. The second-order valence-electron chi connectivity index (χ2n) is 6.08. The van der Waals surface area contributed by atoms with Gasteiger partial charge in [-0.2, -0.15) is 0 Å². The monoisotopic (exact) mass is 479 g/mol. The Labute approximate surface area is 164 Å². The molecule has 0 radical (unpaired) electrons. The van der Waals surface area contributed by atoms with E-state index in [0.29, 0.717) is 38.9 Å². The summed E-state index contributed by atoms with van der Waals surface area (Å²) in [5, 5.41) is 6.16. The SMILES string of the molecule is CCNC(=NCCCOCCOC)NCCS(=O)(=O)C(C)(C)C.I. The van der Waals surface area contributed by atoms with E-state index in [1.54, 1.807) is 27.9 Å². The summed E-state index contributed by atoms with van der Waals surface area (Å²) >= 11 is 0. The Morgan fingerprint density at radius 1 is 1.12 bits per heavy atom. The predicted octanol–water partition coefficient (Wildman–Crippen LogP) is 1.43. The van der Waals surface area contributed by atoms with Gasteiger partial charge in [-0.15, -0.1) is 24.0 Å². The van der Waals surface area contributed by atoms with Crippen LogP contribution in [0.5, 0.6) is 0 Å². The van der Waals surface area contributed by atoms with E-state index < -0.39 is 14.6 Å². The van der Waals surface area contributed by atoms with Crippen LogP contribution in [-0.2, 0) is 19.3 Å². The average molecular weight is 479 g/mol. The van der Waals surface area contributed by atoms with Crippen LogP contribution in [-0.4, -0.2) is 71.4 Å². The number of hydrogen-bond acceptors (Lipinski definition) is 5. The number of halogens is 1. The summed E-state index contributed by atoms with van der Waals surface area (Å²) in [5.41, 5.74) is 0. The van der Waals surface area contributed by atoms with Crippen LogP contribution in [0, 0.1) is 0 Å². The first-order valence-corrected chi connectivity index (χ1v) is 9.71. The van der Waals surface area contributed by atoms with Gasteiger partial charge in [0.25, 0.3) is 0 Å². The van der Waals surface area contributed by atoms with E-state index in [1.807, 2.05) is 6.92 Å². The van der Waals surface area contributed by atoms with Crippen LogP contribution in [0.3, 0.4) is 0 Å². The molecule has 0 unspecified atom stereocenters. The summed E-state index contributed by atoms with van der Waals surface area (Å²) in [5.74, 6) is 0.717. The molecule has 9 heteroatoms. The first kappa shape index (κ1) is 26.1. The Morgan fingerprint density at radius 2 is 1.79 bits per heavy atom. The summed E-state index contributed by atoms with van der Waals surface area (Å²) in [6.07, 6.45) is 0.806. The van der Waals surface area contributed by atoms with Gasteiger partial charge in [0.1, 0.15) is 0 Å². The summed E-state index contributed by atoms with van der Waals surface area (Å²) in [4.78, 5) is 4.40. The fraction of sp³-hybridized carbons (Fsp3) is 0.933. The molecule has 24 heavy (non-hydrogen) atoms. The lowest BCUT2D eigenvalue weighted by Crippen LogP contribution is -2.41. The molecule has 0 atom stereocenters. The lowest BCUT2D eigenvalue weighted by molar-refractivity contribution is 0.0702. The van der Waals surface area contributed by atoms with E-state index in [2.05, 4.69) is 15.6 Å². The molecule has 0 bridgehead atoms. The minimum absolute atomic E-state index is 0. The zero-order chi connectivity index (χ0) is 17.8. The molecule has 0 rings (SSSR count). The van der Waals surface area contributed by atoms with Gasteiger partial charge in [-0.05, 0) is 34.1 Å². The normalized spacial score (nSPS) is 12.6. The fourth-order valence-electron chi connectivity index (χ4n) is 1.55. The van der Waals surface area contributed by atoms with Gasteiger partial charge in [0, 0.05) is 33.4 Å². The van der Waals surface area contributed by atoms with E-state index in [9.17, 15) is 8.42 Å². The van der Waals surface area contributed by atoms with Crippen molar-refractivity contribution < 1.29 is 17.9 Å². The number of rotatable bonds is 11. The largest absolute Gasteiger partial charge is 0.382 e. The molecule has 0 aliphatic carbocycles. The lowest BCUT2D eigenvalue weighted by atomic mass is 10.3. The van der Waals surface area contributed by atoms with Crippen LogP contribution in [0.2, 0.25) is 0 Å². The van der Waals surface area contributed by atoms with Crippen molar-refractivity contribution >= 4 is 39.8 Å². The van der Waals surface area contributed by atoms with Gasteiger partial charge in [0.05, 0.1) is 23.7 Å². The topological polar surface area (TPSA) is 89.0 Å². The van der Waals surface area contributed by atoms with E-state index in [1.165, 1.54) is 0 Å². The molecular formula is C15H34IN3O4S. The molecule has 0 saturated heterocycles. The van der Waals surface area contributed by atoms with Crippen molar-refractivity contribution in [2.75, 3.05) is 52.3 Å². The lowest BCUT2D eigenvalue weighted by Gasteiger charge is -2.19. The van der Waals surface area contributed by atoms with E-state index in [-0.39, 0.29) is 29.7 Å². The van der Waals surface area contributed by atoms with Crippen LogP contribution in [0.15, 0.2) is 4.99 Å². The third-order valence-corrected chi connectivity index (χ3v) is 5.70. The van der Waals surface area contributed by atoms with Crippen molar-refractivity contribution in [1.82, 2.24) is 10.6 Å². The highest BCUT2D eigenvalue weighted by molar-refractivity contribution is 14.0. The van der Waals surface area contributed by atoms with Crippen molar-refractivity contribution in [2.24, 2.45) is 4.99 Å². The molecule has 0 aromatic carbocycles. The molecule has 0 aromatic heterocycles. The summed E-state index contributed by atoms with van der Waals surface area (Å²) in [6, 6.07) is 0. The highest BCUT2D eigenvalue weighted by atomic mass is 127. The molecule has 0 aliphatic heterocycles. The van der Waals surface area contributed by atoms with Crippen LogP contribution < -0.4 is 10.6 Å². The van der Waals surface area contributed by atoms with Crippen molar-refractivity contribution in [3.8, 4) is 0 Å². The van der Waals surface area contributed by atoms with Crippen LogP contribution in [0.1, 0.15) is 34.1 Å². The third kappa shape index (κ3) is 12.3. The molecule has 7 nitrogen and oxygen atoms in total. The standard InChI is InChI=1S/C15H33N3O4S.HI/c1-6-16-14(17-8-7-10-22-12-11-21-5)18-9-13-23(19,20)15(2,3)4;/h6-13H2,1-5H3,(H2,16,17,18);1H. The van der Waals surface area contributed by atoms with Crippen LogP contribution in [0.25, 0.3) is 0 Å². The van der Waals surface area contributed by atoms with Gasteiger partial charge in [0.2, 0.25) is 0 Å². The van der Waals surface area contributed by atoms with Gasteiger partial charge in [-0.25, -0.2) is 8.42 Å². The second kappa shape index (κ2) is 14.1. The van der Waals surface area contributed by atoms with Crippen LogP contribution >= 0.6 is 24.0 Å². The summed E-state index contributed by atoms with van der Waals surface area (Å²) in [6.45, 7) is 10.6. The Morgan fingerprint density at radius 3 is 2.33 bits per heavy atom. The second-order valence-corrected chi connectivity index (χ2v) is 8.94. The van der Waals surface area contributed by atoms with Crippen molar-refractivity contribution in [1.29, 1.82) is 0 Å². The van der Waals surface area contributed by atoms with E-state index in [4.69, 9.17) is 9.47 Å². The minimum atomic E-state index is -3.12. The molecule has 146 valence electrons. The molecule has 0 amide bonds. The Kier molecular flexibility index (Phi) is 15.3. The molecular weight excluding hydrogens is 445 g/mol. The van der Waals surface area contributed by atoms with Crippen molar-refractivity contribution in [2.45, 2.75) is 38.9 Å². The molecule has 0 spiro atoms. The molecule has 0 heterocycles. The van der Waals surface area contributed by atoms with Crippen molar-refractivity contribution in [3.63, 3.8) is 0 Å². The maximum atomic E-state index is 12.0. The number of hydrogen-bond donors (Lipinski definition) is 2. The van der Waals surface area contributed by atoms with Gasteiger partial charge in [0.15, 0.2) is 15.8 Å².